The molecule has 0 saturated heterocycles. The number of aryl methyl sites for hydroxylation is 2. The number of hydrogen-bond acceptors (Lipinski definition) is 4. The van der Waals surface area contributed by atoms with Crippen molar-refractivity contribution in [3.05, 3.63) is 144 Å². The molecule has 2 heterocycles. The van der Waals surface area contributed by atoms with Crippen LogP contribution in [0.5, 0.6) is 0 Å². The van der Waals surface area contributed by atoms with Gasteiger partial charge in [-0.2, -0.15) is 0 Å². The van der Waals surface area contributed by atoms with Gasteiger partial charge in [-0.3, -0.25) is 0 Å². The fourth-order valence-electron chi connectivity index (χ4n) is 6.73. The highest BCUT2D eigenvalue weighted by atomic mass is 16.6. The lowest BCUT2D eigenvalue weighted by molar-refractivity contribution is 0.0953. The SMILES string of the molecule is Cn1cnc(CN2c3ccccc3CN(C(=O)OCC3c4ccccc4-c4ccccc43)CC2CCc2ccccc2)c1. The molecule has 2 aliphatic rings. The maximum absolute atomic E-state index is 13.9. The fourth-order valence-corrected chi connectivity index (χ4v) is 6.73. The molecular formula is C37H36N4O2. The molecule has 43 heavy (non-hydrogen) atoms. The smallest absolute Gasteiger partial charge is 0.410 e. The molecular weight excluding hydrogens is 532 g/mol. The lowest BCUT2D eigenvalue weighted by atomic mass is 9.98. The first kappa shape index (κ1) is 27.0. The van der Waals surface area contributed by atoms with Gasteiger partial charge in [-0.15, -0.1) is 0 Å². The highest BCUT2D eigenvalue weighted by Gasteiger charge is 2.33. The van der Waals surface area contributed by atoms with Crippen LogP contribution in [-0.2, 0) is 31.3 Å². The Balaban J connectivity index is 1.15. The van der Waals surface area contributed by atoms with Gasteiger partial charge >= 0.3 is 6.09 Å². The molecule has 0 fully saturated rings. The van der Waals surface area contributed by atoms with Gasteiger partial charge < -0.3 is 19.1 Å². The number of hydrogen-bond donors (Lipinski definition) is 0. The van der Waals surface area contributed by atoms with Gasteiger partial charge in [0.25, 0.3) is 0 Å². The van der Waals surface area contributed by atoms with Gasteiger partial charge in [0, 0.05) is 37.4 Å². The van der Waals surface area contributed by atoms with Crippen LogP contribution in [0.3, 0.4) is 0 Å². The summed E-state index contributed by atoms with van der Waals surface area (Å²) in [6.45, 7) is 2.08. The van der Waals surface area contributed by atoms with E-state index in [1.807, 2.05) is 22.8 Å². The van der Waals surface area contributed by atoms with Crippen molar-refractivity contribution in [2.24, 2.45) is 7.05 Å². The van der Waals surface area contributed by atoms with E-state index in [4.69, 9.17) is 4.74 Å². The molecule has 5 aromatic rings. The molecule has 1 atom stereocenters. The van der Waals surface area contributed by atoms with Crippen LogP contribution in [0.25, 0.3) is 11.1 Å². The number of fused-ring (bicyclic) bond motifs is 4. The van der Waals surface area contributed by atoms with Crippen molar-refractivity contribution in [3.8, 4) is 11.1 Å². The number of ether oxygens (including phenoxy) is 1. The fraction of sp³-hybridized carbons (Fsp3) is 0.243. The van der Waals surface area contributed by atoms with Crippen LogP contribution in [0.1, 0.15) is 40.3 Å². The van der Waals surface area contributed by atoms with Gasteiger partial charge in [-0.25, -0.2) is 9.78 Å². The van der Waals surface area contributed by atoms with Crippen molar-refractivity contribution in [3.63, 3.8) is 0 Å². The van der Waals surface area contributed by atoms with Crippen molar-refractivity contribution < 1.29 is 9.53 Å². The van der Waals surface area contributed by atoms with Gasteiger partial charge in [-0.1, -0.05) is 97.1 Å². The summed E-state index contributed by atoms with van der Waals surface area (Å²) in [6, 6.07) is 36.0. The molecule has 216 valence electrons. The van der Waals surface area contributed by atoms with Crippen LogP contribution in [0.15, 0.2) is 116 Å². The number of rotatable bonds is 7. The lowest BCUT2D eigenvalue weighted by Gasteiger charge is -2.34. The third-order valence-corrected chi connectivity index (χ3v) is 8.83. The Morgan fingerprint density at radius 2 is 1.53 bits per heavy atom. The van der Waals surface area contributed by atoms with E-state index in [0.29, 0.717) is 26.2 Å². The summed E-state index contributed by atoms with van der Waals surface area (Å²) in [4.78, 5) is 22.9. The van der Waals surface area contributed by atoms with Crippen molar-refractivity contribution in [1.29, 1.82) is 0 Å². The second-order valence-corrected chi connectivity index (χ2v) is 11.6. The monoisotopic (exact) mass is 568 g/mol. The van der Waals surface area contributed by atoms with Crippen LogP contribution < -0.4 is 4.90 Å². The van der Waals surface area contributed by atoms with Crippen LogP contribution in [0.2, 0.25) is 0 Å². The molecule has 0 radical (unpaired) electrons. The molecule has 0 saturated carbocycles. The Morgan fingerprint density at radius 3 is 2.26 bits per heavy atom. The minimum absolute atomic E-state index is 0.0325. The van der Waals surface area contributed by atoms with E-state index in [-0.39, 0.29) is 18.1 Å². The van der Waals surface area contributed by atoms with Gasteiger partial charge in [0.15, 0.2) is 0 Å². The zero-order valence-electron chi connectivity index (χ0n) is 24.5. The zero-order valence-corrected chi connectivity index (χ0v) is 24.5. The van der Waals surface area contributed by atoms with E-state index in [1.54, 1.807) is 0 Å². The third-order valence-electron chi connectivity index (χ3n) is 8.83. The minimum Gasteiger partial charge on any atom is -0.448 e. The standard InChI is InChI=1S/C37H36N4O2/c1-39-22-29(38-26-39)23-41-30(20-19-27-11-3-2-4-12-27)24-40(21-28-13-5-10-18-36(28)41)37(42)43-25-35-33-16-8-6-14-31(33)32-15-7-9-17-34(32)35/h2-18,22,26,30,35H,19-21,23-25H2,1H3. The molecule has 1 aromatic heterocycles. The molecule has 0 N–H and O–H groups in total. The quantitative estimate of drug-likeness (QED) is 0.209. The molecule has 4 aromatic carbocycles. The largest absolute Gasteiger partial charge is 0.448 e. The number of carbonyl (C=O) groups is 1. The first-order valence-electron chi connectivity index (χ1n) is 15.1. The summed E-state index contributed by atoms with van der Waals surface area (Å²) < 4.78 is 8.16. The molecule has 1 amide bonds. The number of amides is 1. The van der Waals surface area contributed by atoms with Gasteiger partial charge in [0.1, 0.15) is 6.61 Å². The Morgan fingerprint density at radius 1 is 0.860 bits per heavy atom. The Bertz CT molecular complexity index is 1680. The van der Waals surface area contributed by atoms with Crippen molar-refractivity contribution in [1.82, 2.24) is 14.5 Å². The number of para-hydroxylation sites is 1. The summed E-state index contributed by atoms with van der Waals surface area (Å²) in [5.41, 5.74) is 9.49. The normalized spacial score (nSPS) is 15.9. The molecule has 1 aliphatic carbocycles. The maximum Gasteiger partial charge on any atom is 0.410 e. The zero-order chi connectivity index (χ0) is 29.2. The average molecular weight is 569 g/mol. The predicted molar refractivity (Wildman–Crippen MR) is 170 cm³/mol. The Hall–Kier alpha value is -4.84. The predicted octanol–water partition coefficient (Wildman–Crippen LogP) is 7.19. The number of benzene rings is 4. The van der Waals surface area contributed by atoms with Crippen LogP contribution in [-0.4, -0.2) is 39.7 Å². The highest BCUT2D eigenvalue weighted by molar-refractivity contribution is 5.79. The van der Waals surface area contributed by atoms with E-state index in [2.05, 4.69) is 119 Å². The van der Waals surface area contributed by atoms with Crippen LogP contribution >= 0.6 is 0 Å². The minimum atomic E-state index is -0.263. The average Bonchev–Trinajstić information content (AvgIpc) is 3.56. The molecule has 7 rings (SSSR count). The van der Waals surface area contributed by atoms with E-state index in [9.17, 15) is 4.79 Å². The van der Waals surface area contributed by atoms with E-state index >= 15 is 0 Å². The van der Waals surface area contributed by atoms with Gasteiger partial charge in [-0.05, 0) is 52.3 Å². The molecule has 0 bridgehead atoms. The summed E-state index contributed by atoms with van der Waals surface area (Å²) >= 11 is 0. The summed E-state index contributed by atoms with van der Waals surface area (Å²) in [6.07, 6.45) is 5.48. The molecule has 6 heteroatoms. The number of aromatic nitrogens is 2. The Labute approximate surface area is 253 Å². The molecule has 0 spiro atoms. The lowest BCUT2D eigenvalue weighted by Crippen LogP contribution is -2.44. The first-order valence-corrected chi connectivity index (χ1v) is 15.1. The van der Waals surface area contributed by atoms with Gasteiger partial charge in [0.05, 0.1) is 25.1 Å². The van der Waals surface area contributed by atoms with E-state index in [1.165, 1.54) is 27.8 Å². The first-order chi connectivity index (χ1) is 21.1. The third kappa shape index (κ3) is 5.53. The number of anilines is 1. The van der Waals surface area contributed by atoms with Crippen molar-refractivity contribution >= 4 is 11.8 Å². The number of nitrogens with zero attached hydrogens (tertiary/aromatic N) is 4. The molecule has 1 unspecified atom stereocenters. The topological polar surface area (TPSA) is 50.6 Å². The number of imidazole rings is 1. The summed E-state index contributed by atoms with van der Waals surface area (Å²) in [5.74, 6) is 0.0325. The maximum atomic E-state index is 13.9. The second-order valence-electron chi connectivity index (χ2n) is 11.6. The van der Waals surface area contributed by atoms with Gasteiger partial charge in [0.2, 0.25) is 0 Å². The van der Waals surface area contributed by atoms with E-state index < -0.39 is 0 Å². The number of carbonyl (C=O) groups excluding carboxylic acids is 1. The van der Waals surface area contributed by atoms with Crippen molar-refractivity contribution in [2.75, 3.05) is 18.1 Å². The Kier molecular flexibility index (Phi) is 7.42. The van der Waals surface area contributed by atoms with Crippen LogP contribution in [0, 0.1) is 0 Å². The summed E-state index contributed by atoms with van der Waals surface area (Å²) in [5, 5.41) is 0. The molecule has 6 nitrogen and oxygen atoms in total. The van der Waals surface area contributed by atoms with E-state index in [0.717, 1.165) is 29.8 Å². The van der Waals surface area contributed by atoms with Crippen molar-refractivity contribution in [2.45, 2.75) is 37.9 Å². The van der Waals surface area contributed by atoms with Crippen LogP contribution in [0.4, 0.5) is 10.5 Å². The highest BCUT2D eigenvalue weighted by Crippen LogP contribution is 2.44. The second kappa shape index (κ2) is 11.8. The summed E-state index contributed by atoms with van der Waals surface area (Å²) in [7, 11) is 2.00. The molecule has 1 aliphatic heterocycles.